The molecule has 1 N–H and O–H groups in total. The summed E-state index contributed by atoms with van der Waals surface area (Å²) in [6.07, 6.45) is -4.25. The van der Waals surface area contributed by atoms with Crippen LogP contribution >= 0.6 is 0 Å². The number of halogens is 4. The number of carbonyl (C=O) groups is 1. The number of aromatic nitrogens is 2. The quantitative estimate of drug-likeness (QED) is 0.381. The number of hydrogen-bond donors (Lipinski definition) is 1. The van der Waals surface area contributed by atoms with Gasteiger partial charge in [-0.1, -0.05) is 6.07 Å². The largest absolute Gasteiger partial charge is 0.496 e. The van der Waals surface area contributed by atoms with Crippen molar-refractivity contribution in [3.8, 4) is 28.9 Å². The molecule has 0 aliphatic carbocycles. The number of furan rings is 1. The molecule has 2 aromatic carbocycles. The minimum absolute atomic E-state index is 0.0370. The first-order chi connectivity index (χ1) is 15.7. The number of ether oxygens (including phenoxy) is 1. The third kappa shape index (κ3) is 5.03. The predicted octanol–water partition coefficient (Wildman–Crippen LogP) is 5.50. The van der Waals surface area contributed by atoms with Gasteiger partial charge in [0.05, 0.1) is 31.0 Å². The molecule has 0 saturated heterocycles. The summed E-state index contributed by atoms with van der Waals surface area (Å²) in [5.74, 6) is -1.10. The number of carbonyl (C=O) groups excluding carboxylic acids is 1. The molecule has 0 aliphatic rings. The van der Waals surface area contributed by atoms with Crippen LogP contribution in [0.15, 0.2) is 63.6 Å². The zero-order valence-corrected chi connectivity index (χ0v) is 16.9. The van der Waals surface area contributed by atoms with Crippen LogP contribution in [0.25, 0.3) is 23.1 Å². The Bertz CT molecular complexity index is 1280. The summed E-state index contributed by atoms with van der Waals surface area (Å²) in [5, 5.41) is 10.1. The minimum Gasteiger partial charge on any atom is -0.496 e. The van der Waals surface area contributed by atoms with E-state index >= 15 is 0 Å². The monoisotopic (exact) mass is 461 g/mol. The maximum atomic E-state index is 14.4. The topological polar surface area (TPSA) is 90.4 Å². The van der Waals surface area contributed by atoms with Crippen LogP contribution in [-0.2, 0) is 6.42 Å². The van der Waals surface area contributed by atoms with Crippen LogP contribution in [0.4, 0.5) is 23.2 Å². The molecule has 4 rings (SSSR count). The van der Waals surface area contributed by atoms with Gasteiger partial charge in [0.1, 0.15) is 11.6 Å². The molecule has 2 heterocycles. The highest BCUT2D eigenvalue weighted by atomic mass is 19.4. The summed E-state index contributed by atoms with van der Waals surface area (Å²) < 4.78 is 68.4. The van der Waals surface area contributed by atoms with E-state index in [1.54, 1.807) is 12.1 Å². The third-order valence-corrected chi connectivity index (χ3v) is 4.53. The van der Waals surface area contributed by atoms with Gasteiger partial charge in [-0.3, -0.25) is 4.79 Å². The molecule has 33 heavy (non-hydrogen) atoms. The maximum absolute atomic E-state index is 14.4. The molecule has 11 heteroatoms. The second kappa shape index (κ2) is 8.77. The van der Waals surface area contributed by atoms with E-state index in [1.807, 2.05) is 0 Å². The van der Waals surface area contributed by atoms with Gasteiger partial charge < -0.3 is 18.9 Å². The van der Waals surface area contributed by atoms with Gasteiger partial charge in [-0.25, -0.2) is 4.39 Å². The molecule has 0 unspecified atom stereocenters. The third-order valence-electron chi connectivity index (χ3n) is 4.53. The number of nitrogens with one attached hydrogen (secondary N) is 1. The average Bonchev–Trinajstić information content (AvgIpc) is 3.46. The highest BCUT2D eigenvalue weighted by Gasteiger charge is 2.28. The Morgan fingerprint density at radius 3 is 2.58 bits per heavy atom. The number of methoxy groups -OCH3 is 1. The SMILES string of the molecule is COc1ccc(CC(F)(F)F)cc1C(=O)Nc1cc(-c2nnc(-c3ccco3)o2)ccc1F. The molecule has 7 nitrogen and oxygen atoms in total. The lowest BCUT2D eigenvalue weighted by atomic mass is 10.1. The highest BCUT2D eigenvalue weighted by Crippen LogP contribution is 2.29. The second-order valence-electron chi connectivity index (χ2n) is 6.87. The van der Waals surface area contributed by atoms with Gasteiger partial charge in [0.25, 0.3) is 11.8 Å². The summed E-state index contributed by atoms with van der Waals surface area (Å²) in [4.78, 5) is 12.8. The van der Waals surface area contributed by atoms with Crippen LogP contribution in [0.2, 0.25) is 0 Å². The van der Waals surface area contributed by atoms with Gasteiger partial charge >= 0.3 is 6.18 Å². The summed E-state index contributed by atoms with van der Waals surface area (Å²) in [6, 6.07) is 10.5. The van der Waals surface area contributed by atoms with Crippen molar-refractivity contribution in [1.82, 2.24) is 10.2 Å². The smallest absolute Gasteiger partial charge is 0.393 e. The van der Waals surface area contributed by atoms with Crippen molar-refractivity contribution in [2.24, 2.45) is 0 Å². The van der Waals surface area contributed by atoms with Gasteiger partial charge in [0.2, 0.25) is 5.89 Å². The summed E-state index contributed by atoms with van der Waals surface area (Å²) in [7, 11) is 1.27. The van der Waals surface area contributed by atoms with Crippen molar-refractivity contribution in [1.29, 1.82) is 0 Å². The van der Waals surface area contributed by atoms with Crippen molar-refractivity contribution in [3.05, 3.63) is 71.7 Å². The van der Waals surface area contributed by atoms with Crippen molar-refractivity contribution in [2.45, 2.75) is 12.6 Å². The summed E-state index contributed by atoms with van der Waals surface area (Å²) in [5.41, 5.74) is -0.255. The Morgan fingerprint density at radius 1 is 1.09 bits per heavy atom. The van der Waals surface area contributed by atoms with E-state index in [4.69, 9.17) is 13.6 Å². The van der Waals surface area contributed by atoms with Gasteiger partial charge in [0.15, 0.2) is 5.76 Å². The minimum atomic E-state index is -4.46. The molecule has 0 saturated carbocycles. The Balaban J connectivity index is 1.61. The standard InChI is InChI=1S/C22H15F4N3O4/c1-31-17-7-4-12(11-22(24,25)26)9-14(17)19(30)27-16-10-13(5-6-15(16)23)20-28-29-21(33-20)18-3-2-8-32-18/h2-10H,11H2,1H3,(H,27,30). The van der Waals surface area contributed by atoms with Gasteiger partial charge in [-0.2, -0.15) is 13.2 Å². The molecule has 4 aromatic rings. The summed E-state index contributed by atoms with van der Waals surface area (Å²) >= 11 is 0. The zero-order chi connectivity index (χ0) is 23.6. The fourth-order valence-corrected chi connectivity index (χ4v) is 3.06. The number of alkyl halides is 3. The van der Waals surface area contributed by atoms with E-state index < -0.39 is 24.3 Å². The lowest BCUT2D eigenvalue weighted by Gasteiger charge is -2.13. The van der Waals surface area contributed by atoms with Crippen LogP contribution < -0.4 is 10.1 Å². The van der Waals surface area contributed by atoms with Crippen LogP contribution in [0.5, 0.6) is 5.75 Å². The molecule has 0 atom stereocenters. The average molecular weight is 461 g/mol. The molecule has 0 bridgehead atoms. The first-order valence-corrected chi connectivity index (χ1v) is 9.46. The molecule has 0 fully saturated rings. The van der Waals surface area contributed by atoms with Crippen molar-refractivity contribution >= 4 is 11.6 Å². The number of amides is 1. The Kier molecular flexibility index (Phi) is 5.86. The maximum Gasteiger partial charge on any atom is 0.393 e. The van der Waals surface area contributed by atoms with Crippen LogP contribution in [-0.4, -0.2) is 29.4 Å². The van der Waals surface area contributed by atoms with Crippen molar-refractivity contribution < 1.29 is 35.9 Å². The van der Waals surface area contributed by atoms with Crippen LogP contribution in [0.1, 0.15) is 15.9 Å². The van der Waals surface area contributed by atoms with Crippen molar-refractivity contribution in [3.63, 3.8) is 0 Å². The zero-order valence-electron chi connectivity index (χ0n) is 16.9. The lowest BCUT2D eigenvalue weighted by Crippen LogP contribution is -2.16. The molecule has 170 valence electrons. The fraction of sp³-hybridized carbons (Fsp3) is 0.136. The first kappa shape index (κ1) is 22.1. The second-order valence-corrected chi connectivity index (χ2v) is 6.87. The molecule has 0 spiro atoms. The van der Waals surface area contributed by atoms with E-state index in [0.717, 1.165) is 12.1 Å². The van der Waals surface area contributed by atoms with Gasteiger partial charge in [-0.05, 0) is 48.0 Å². The number of hydrogen-bond acceptors (Lipinski definition) is 6. The molecular weight excluding hydrogens is 446 g/mol. The van der Waals surface area contributed by atoms with E-state index in [-0.39, 0.29) is 34.3 Å². The molecule has 1 amide bonds. The van der Waals surface area contributed by atoms with Gasteiger partial charge in [0, 0.05) is 5.56 Å². The molecule has 2 aromatic heterocycles. The number of rotatable bonds is 6. The van der Waals surface area contributed by atoms with E-state index in [2.05, 4.69) is 15.5 Å². The first-order valence-electron chi connectivity index (χ1n) is 9.46. The molecular formula is C22H15F4N3O4. The summed E-state index contributed by atoms with van der Waals surface area (Å²) in [6.45, 7) is 0. The van der Waals surface area contributed by atoms with E-state index in [1.165, 1.54) is 37.6 Å². The Labute approximate surface area is 184 Å². The predicted molar refractivity (Wildman–Crippen MR) is 108 cm³/mol. The van der Waals surface area contributed by atoms with E-state index in [9.17, 15) is 22.4 Å². The normalized spacial score (nSPS) is 11.4. The highest BCUT2D eigenvalue weighted by molar-refractivity contribution is 6.06. The molecule has 0 aliphatic heterocycles. The van der Waals surface area contributed by atoms with Crippen LogP contribution in [0.3, 0.4) is 0 Å². The number of benzene rings is 2. The van der Waals surface area contributed by atoms with Crippen LogP contribution in [0, 0.1) is 5.82 Å². The fourth-order valence-electron chi connectivity index (χ4n) is 3.06. The Hall–Kier alpha value is -4.15. The van der Waals surface area contributed by atoms with Crippen molar-refractivity contribution in [2.75, 3.05) is 12.4 Å². The molecule has 0 radical (unpaired) electrons. The number of anilines is 1. The lowest BCUT2D eigenvalue weighted by molar-refractivity contribution is -0.127. The van der Waals surface area contributed by atoms with E-state index in [0.29, 0.717) is 11.3 Å². The Morgan fingerprint density at radius 2 is 1.88 bits per heavy atom. The number of nitrogens with zero attached hydrogens (tertiary/aromatic N) is 2. The van der Waals surface area contributed by atoms with Gasteiger partial charge in [-0.15, -0.1) is 10.2 Å².